The number of carbonyl (C=O) groups is 3. The minimum Gasteiger partial charge on any atom is -0.321 e. The van der Waals surface area contributed by atoms with Crippen LogP contribution < -0.4 is 10.6 Å². The van der Waals surface area contributed by atoms with Crippen LogP contribution in [-0.4, -0.2) is 50.6 Å². The number of rotatable bonds is 5. The normalized spacial score (nSPS) is 12.3. The average molecular weight is 536 g/mol. The second-order valence-corrected chi connectivity index (χ2v) is 10.3. The second-order valence-electron chi connectivity index (χ2n) is 7.18. The molecule has 10 nitrogen and oxygen atoms in total. The maximum Gasteiger partial charge on any atom is 0.375 e. The zero-order valence-corrected chi connectivity index (χ0v) is 20.7. The zero-order chi connectivity index (χ0) is 25.8. The van der Waals surface area contributed by atoms with Crippen LogP contribution in [0.25, 0.3) is 0 Å². The van der Waals surface area contributed by atoms with Gasteiger partial charge in [0.05, 0.1) is 26.0 Å². The summed E-state index contributed by atoms with van der Waals surface area (Å²) in [5.74, 6) is -0.853. The monoisotopic (exact) mass is 535 g/mol. The molecule has 1 heterocycles. The largest absolute Gasteiger partial charge is 0.375 e. The van der Waals surface area contributed by atoms with E-state index in [2.05, 4.69) is 20.0 Å². The third-order valence-corrected chi connectivity index (χ3v) is 6.64. The van der Waals surface area contributed by atoms with Gasteiger partial charge < -0.3 is 10.6 Å². The molecule has 0 bridgehead atoms. The van der Waals surface area contributed by atoms with Gasteiger partial charge in [0.15, 0.2) is 0 Å². The predicted octanol–water partition coefficient (Wildman–Crippen LogP) is 4.79. The number of urea groups is 1. The van der Waals surface area contributed by atoms with Crippen LogP contribution in [0.15, 0.2) is 70.1 Å². The summed E-state index contributed by atoms with van der Waals surface area (Å²) in [7, 11) is -2.09. The van der Waals surface area contributed by atoms with Crippen LogP contribution >= 0.6 is 23.2 Å². The highest BCUT2D eigenvalue weighted by Gasteiger charge is 2.17. The fourth-order valence-electron chi connectivity index (χ4n) is 2.76. The first-order valence-corrected chi connectivity index (χ1v) is 12.5. The number of hydrogen-bond donors (Lipinski definition) is 3. The fourth-order valence-corrected chi connectivity index (χ4v) is 4.21. The fraction of sp³-hybridized carbons (Fsp3) is 0.0909. The Kier molecular flexibility index (Phi) is 8.07. The van der Waals surface area contributed by atoms with Crippen LogP contribution in [0.5, 0.6) is 0 Å². The lowest BCUT2D eigenvalue weighted by molar-refractivity contribution is -0.0136. The molecule has 182 valence electrons. The van der Waals surface area contributed by atoms with Gasteiger partial charge in [-0.25, -0.2) is 19.1 Å². The van der Waals surface area contributed by atoms with Gasteiger partial charge in [-0.05, 0) is 54.6 Å². The number of carbonyl (C=O) groups excluding carboxylic acids is 3. The van der Waals surface area contributed by atoms with E-state index in [9.17, 15) is 18.6 Å². The van der Waals surface area contributed by atoms with Gasteiger partial charge in [-0.3, -0.25) is 14.8 Å². The number of nitrogens with one attached hydrogen (secondary N) is 2. The van der Waals surface area contributed by atoms with Crippen molar-refractivity contribution in [2.75, 3.05) is 23.9 Å². The van der Waals surface area contributed by atoms with E-state index in [1.54, 1.807) is 6.07 Å². The van der Waals surface area contributed by atoms with Gasteiger partial charge in [0.2, 0.25) is 0 Å². The van der Waals surface area contributed by atoms with Gasteiger partial charge in [0.25, 0.3) is 11.8 Å². The summed E-state index contributed by atoms with van der Waals surface area (Å²) in [6.07, 6.45) is 2.61. The predicted molar refractivity (Wildman–Crippen MR) is 133 cm³/mol. The highest BCUT2D eigenvalue weighted by Crippen LogP contribution is 2.23. The van der Waals surface area contributed by atoms with E-state index < -0.39 is 27.6 Å². The molecule has 0 aliphatic carbocycles. The molecule has 0 spiro atoms. The van der Waals surface area contributed by atoms with Crippen molar-refractivity contribution < 1.29 is 23.8 Å². The smallest absolute Gasteiger partial charge is 0.321 e. The van der Waals surface area contributed by atoms with Crippen molar-refractivity contribution in [1.82, 2.24) is 10.0 Å². The van der Waals surface area contributed by atoms with Crippen molar-refractivity contribution in [2.24, 2.45) is 4.36 Å². The van der Waals surface area contributed by atoms with Gasteiger partial charge in [0.1, 0.15) is 5.82 Å². The standard InChI is InChI=1S/C22H19Cl2N5O5S/c1-29(33)22(32)28-35(2,34)16-7-3-13(4-8-16)20(30)26-18-9-5-14(23)11-17(18)21(31)27-19-10-6-15(24)12-25-19/h3-12,33H,1-2H3,(H,26,30)(H,25,27,31). The summed E-state index contributed by atoms with van der Waals surface area (Å²) in [5, 5.41) is 15.3. The summed E-state index contributed by atoms with van der Waals surface area (Å²) in [6, 6.07) is 12.0. The van der Waals surface area contributed by atoms with Crippen LogP contribution in [0.1, 0.15) is 20.7 Å². The van der Waals surface area contributed by atoms with E-state index in [1.807, 2.05) is 0 Å². The van der Waals surface area contributed by atoms with Crippen molar-refractivity contribution in [3.8, 4) is 0 Å². The highest BCUT2D eigenvalue weighted by atomic mass is 35.5. The van der Waals surface area contributed by atoms with Crippen molar-refractivity contribution in [1.29, 1.82) is 0 Å². The summed E-state index contributed by atoms with van der Waals surface area (Å²) < 4.78 is 16.2. The quantitative estimate of drug-likeness (QED) is 0.316. The number of aromatic nitrogens is 1. The minimum atomic E-state index is -3.15. The Balaban J connectivity index is 1.81. The SMILES string of the molecule is CN(O)C(=O)N=S(C)(=O)c1ccc(C(=O)Nc2ccc(Cl)cc2C(=O)Nc2ccc(Cl)cn2)cc1. The number of anilines is 2. The molecule has 2 aromatic carbocycles. The molecule has 1 unspecified atom stereocenters. The topological polar surface area (TPSA) is 141 Å². The van der Waals surface area contributed by atoms with Crippen molar-refractivity contribution in [3.05, 3.63) is 82.0 Å². The third-order valence-electron chi connectivity index (χ3n) is 4.53. The Bertz CT molecular complexity index is 1400. The Hall–Kier alpha value is -3.51. The zero-order valence-electron chi connectivity index (χ0n) is 18.4. The summed E-state index contributed by atoms with van der Waals surface area (Å²) >= 11 is 11.9. The minimum absolute atomic E-state index is 0.0984. The first-order valence-electron chi connectivity index (χ1n) is 9.79. The van der Waals surface area contributed by atoms with Gasteiger partial charge >= 0.3 is 6.03 Å². The summed E-state index contributed by atoms with van der Waals surface area (Å²) in [4.78, 5) is 41.4. The maximum atomic E-state index is 12.8. The number of pyridine rings is 1. The van der Waals surface area contributed by atoms with E-state index in [0.717, 1.165) is 7.05 Å². The van der Waals surface area contributed by atoms with Crippen molar-refractivity contribution in [3.63, 3.8) is 0 Å². The molecule has 4 amide bonds. The van der Waals surface area contributed by atoms with Crippen LogP contribution in [0.4, 0.5) is 16.3 Å². The molecule has 35 heavy (non-hydrogen) atoms. The molecule has 13 heteroatoms. The van der Waals surface area contributed by atoms with Gasteiger partial charge in [-0.2, -0.15) is 0 Å². The maximum absolute atomic E-state index is 12.8. The third kappa shape index (κ3) is 6.76. The lowest BCUT2D eigenvalue weighted by Gasteiger charge is -2.12. The number of amides is 4. The molecule has 3 rings (SSSR count). The molecule has 1 aromatic heterocycles. The van der Waals surface area contributed by atoms with E-state index >= 15 is 0 Å². The van der Waals surface area contributed by atoms with Crippen LogP contribution in [0, 0.1) is 0 Å². The van der Waals surface area contributed by atoms with Crippen molar-refractivity contribution >= 4 is 62.3 Å². The molecule has 0 saturated heterocycles. The molecule has 3 aromatic rings. The first kappa shape index (κ1) is 26.1. The van der Waals surface area contributed by atoms with Crippen LogP contribution in [0.3, 0.4) is 0 Å². The number of hydroxylamine groups is 2. The summed E-state index contributed by atoms with van der Waals surface area (Å²) in [5.41, 5.74) is 0.484. The van der Waals surface area contributed by atoms with Crippen LogP contribution in [-0.2, 0) is 9.73 Å². The van der Waals surface area contributed by atoms with Gasteiger partial charge in [0, 0.05) is 35.0 Å². The second kappa shape index (κ2) is 10.8. The van der Waals surface area contributed by atoms with E-state index in [0.29, 0.717) is 5.02 Å². The number of benzene rings is 2. The lowest BCUT2D eigenvalue weighted by atomic mass is 10.1. The molecule has 1 atom stereocenters. The number of halogens is 2. The number of nitrogens with zero attached hydrogens (tertiary/aromatic N) is 3. The Morgan fingerprint density at radius 3 is 2.23 bits per heavy atom. The Labute approximate surface area is 211 Å². The lowest BCUT2D eigenvalue weighted by Crippen LogP contribution is -2.20. The summed E-state index contributed by atoms with van der Waals surface area (Å²) in [6.45, 7) is 0. The first-order chi connectivity index (χ1) is 16.5. The molecule has 0 aliphatic heterocycles. The highest BCUT2D eigenvalue weighted by molar-refractivity contribution is 7.93. The molecule has 3 N–H and O–H groups in total. The Morgan fingerprint density at radius 1 is 0.971 bits per heavy atom. The van der Waals surface area contributed by atoms with Gasteiger partial charge in [-0.15, -0.1) is 4.36 Å². The molecular weight excluding hydrogens is 517 g/mol. The van der Waals surface area contributed by atoms with E-state index in [1.165, 1.54) is 61.0 Å². The molecule has 0 aliphatic rings. The van der Waals surface area contributed by atoms with E-state index in [-0.39, 0.29) is 37.6 Å². The molecule has 0 fully saturated rings. The average Bonchev–Trinajstić information content (AvgIpc) is 2.81. The van der Waals surface area contributed by atoms with Crippen LogP contribution in [0.2, 0.25) is 10.0 Å². The molecule has 0 saturated carbocycles. The molecule has 0 radical (unpaired) electrons. The number of hydrogen-bond acceptors (Lipinski definition) is 6. The molecular formula is C22H19Cl2N5O5S. The Morgan fingerprint density at radius 2 is 1.63 bits per heavy atom. The van der Waals surface area contributed by atoms with Gasteiger partial charge in [-0.1, -0.05) is 23.2 Å². The van der Waals surface area contributed by atoms with Crippen molar-refractivity contribution in [2.45, 2.75) is 4.90 Å². The van der Waals surface area contributed by atoms with E-state index in [4.69, 9.17) is 28.4 Å².